The molecule has 0 aliphatic heterocycles. The van der Waals surface area contributed by atoms with Crippen LogP contribution in [0.5, 0.6) is 5.75 Å². The number of hydrogen-bond donors (Lipinski definition) is 1. The van der Waals surface area contributed by atoms with E-state index in [2.05, 4.69) is 4.98 Å². The third-order valence-corrected chi connectivity index (χ3v) is 0.997. The van der Waals surface area contributed by atoms with E-state index in [1.54, 1.807) is 0 Å². The maximum atomic E-state index is 11.8. The Morgan fingerprint density at radius 1 is 1.36 bits per heavy atom. The SMILES string of the molecule is Cl.Oc1cncc(C(F)F)c1. The molecule has 0 atom stereocenters. The van der Waals surface area contributed by atoms with E-state index < -0.39 is 6.43 Å². The van der Waals surface area contributed by atoms with Crippen molar-refractivity contribution >= 4 is 12.4 Å². The number of aromatic hydroxyl groups is 1. The maximum Gasteiger partial charge on any atom is 0.265 e. The van der Waals surface area contributed by atoms with Crippen LogP contribution in [-0.4, -0.2) is 10.1 Å². The van der Waals surface area contributed by atoms with Crippen LogP contribution >= 0.6 is 12.4 Å². The van der Waals surface area contributed by atoms with Crippen molar-refractivity contribution in [1.29, 1.82) is 0 Å². The van der Waals surface area contributed by atoms with Crippen molar-refractivity contribution < 1.29 is 13.9 Å². The predicted molar refractivity (Wildman–Crippen MR) is 38.1 cm³/mol. The standard InChI is InChI=1S/C6H5F2NO.ClH/c7-6(8)4-1-5(10)3-9-2-4;/h1-3,6,10H;1H. The molecule has 0 fully saturated rings. The molecule has 1 heterocycles. The Bertz CT molecular complexity index is 232. The third-order valence-electron chi connectivity index (χ3n) is 0.997. The van der Waals surface area contributed by atoms with E-state index >= 15 is 0 Å². The molecule has 0 spiro atoms. The van der Waals surface area contributed by atoms with Crippen LogP contribution < -0.4 is 0 Å². The summed E-state index contributed by atoms with van der Waals surface area (Å²) in [5.74, 6) is -0.238. The van der Waals surface area contributed by atoms with E-state index in [1.165, 1.54) is 0 Å². The van der Waals surface area contributed by atoms with Gasteiger partial charge in [0.15, 0.2) is 0 Å². The molecule has 0 aromatic carbocycles. The van der Waals surface area contributed by atoms with Gasteiger partial charge in [0.05, 0.1) is 6.20 Å². The highest BCUT2D eigenvalue weighted by Crippen LogP contribution is 2.20. The lowest BCUT2D eigenvalue weighted by Crippen LogP contribution is -1.83. The summed E-state index contributed by atoms with van der Waals surface area (Å²) in [5.41, 5.74) is -0.264. The molecule has 0 aliphatic carbocycles. The number of pyridine rings is 1. The number of alkyl halides is 2. The molecule has 62 valence electrons. The molecular formula is C6H6ClF2NO. The Balaban J connectivity index is 0.000001000. The molecule has 0 amide bonds. The predicted octanol–water partition coefficient (Wildman–Crippen LogP) is 2.15. The van der Waals surface area contributed by atoms with Gasteiger partial charge in [-0.1, -0.05) is 0 Å². The summed E-state index contributed by atoms with van der Waals surface area (Å²) in [6.45, 7) is 0. The average Bonchev–Trinajstić information content (AvgIpc) is 1.88. The Labute approximate surface area is 68.3 Å². The fraction of sp³-hybridized carbons (Fsp3) is 0.167. The van der Waals surface area contributed by atoms with E-state index in [9.17, 15) is 8.78 Å². The first kappa shape index (κ1) is 10.1. The summed E-state index contributed by atoms with van der Waals surface area (Å²) < 4.78 is 23.6. The zero-order valence-electron chi connectivity index (χ0n) is 5.37. The van der Waals surface area contributed by atoms with Gasteiger partial charge in [0.25, 0.3) is 6.43 Å². The van der Waals surface area contributed by atoms with Gasteiger partial charge in [-0.15, -0.1) is 12.4 Å². The zero-order valence-corrected chi connectivity index (χ0v) is 6.18. The maximum absolute atomic E-state index is 11.8. The first-order chi connectivity index (χ1) is 4.70. The lowest BCUT2D eigenvalue weighted by molar-refractivity contribution is 0.150. The molecular weight excluding hydrogens is 176 g/mol. The number of nitrogens with zero attached hydrogens (tertiary/aromatic N) is 1. The van der Waals surface area contributed by atoms with Crippen LogP contribution in [0.25, 0.3) is 0 Å². The number of hydrogen-bond acceptors (Lipinski definition) is 2. The van der Waals surface area contributed by atoms with Crippen molar-refractivity contribution in [3.63, 3.8) is 0 Å². The third kappa shape index (κ3) is 2.67. The molecule has 1 aromatic heterocycles. The number of aromatic nitrogens is 1. The smallest absolute Gasteiger partial charge is 0.265 e. The van der Waals surface area contributed by atoms with Crippen molar-refractivity contribution in [3.05, 3.63) is 24.0 Å². The highest BCUT2D eigenvalue weighted by atomic mass is 35.5. The van der Waals surface area contributed by atoms with Gasteiger partial charge in [0, 0.05) is 11.8 Å². The van der Waals surface area contributed by atoms with E-state index in [4.69, 9.17) is 5.11 Å². The van der Waals surface area contributed by atoms with Crippen molar-refractivity contribution in [2.75, 3.05) is 0 Å². The number of halogens is 3. The molecule has 0 aliphatic rings. The van der Waals surface area contributed by atoms with Gasteiger partial charge in [-0.05, 0) is 6.07 Å². The molecule has 0 saturated carbocycles. The zero-order chi connectivity index (χ0) is 7.56. The van der Waals surface area contributed by atoms with Crippen LogP contribution in [0.1, 0.15) is 12.0 Å². The highest BCUT2D eigenvalue weighted by Gasteiger charge is 2.06. The summed E-state index contributed by atoms with van der Waals surface area (Å²) in [6.07, 6.45) is -0.449. The molecule has 0 bridgehead atoms. The van der Waals surface area contributed by atoms with Crippen LogP contribution in [-0.2, 0) is 0 Å². The largest absolute Gasteiger partial charge is 0.506 e. The molecule has 5 heteroatoms. The molecule has 1 aromatic rings. The minimum atomic E-state index is -2.57. The van der Waals surface area contributed by atoms with E-state index in [0.717, 1.165) is 18.5 Å². The minimum absolute atomic E-state index is 0. The van der Waals surface area contributed by atoms with Crippen molar-refractivity contribution in [2.24, 2.45) is 0 Å². The molecule has 11 heavy (non-hydrogen) atoms. The second-order valence-corrected chi connectivity index (χ2v) is 1.78. The molecule has 0 unspecified atom stereocenters. The molecule has 0 saturated heterocycles. The summed E-state index contributed by atoms with van der Waals surface area (Å²) in [4.78, 5) is 3.38. The van der Waals surface area contributed by atoms with Gasteiger partial charge in [-0.3, -0.25) is 4.98 Å². The van der Waals surface area contributed by atoms with Crippen LogP contribution in [0.2, 0.25) is 0 Å². The van der Waals surface area contributed by atoms with Crippen LogP contribution in [0, 0.1) is 0 Å². The molecule has 1 rings (SSSR count). The Morgan fingerprint density at radius 2 is 2.00 bits per heavy atom. The van der Waals surface area contributed by atoms with Crippen molar-refractivity contribution in [2.45, 2.75) is 6.43 Å². The van der Waals surface area contributed by atoms with Crippen LogP contribution in [0.4, 0.5) is 8.78 Å². The van der Waals surface area contributed by atoms with Gasteiger partial charge in [0.1, 0.15) is 5.75 Å². The summed E-state index contributed by atoms with van der Waals surface area (Å²) >= 11 is 0. The van der Waals surface area contributed by atoms with Crippen LogP contribution in [0.3, 0.4) is 0 Å². The molecule has 2 nitrogen and oxygen atoms in total. The Morgan fingerprint density at radius 3 is 2.36 bits per heavy atom. The lowest BCUT2D eigenvalue weighted by atomic mass is 10.3. The fourth-order valence-electron chi connectivity index (χ4n) is 0.564. The van der Waals surface area contributed by atoms with Gasteiger partial charge in [-0.2, -0.15) is 0 Å². The van der Waals surface area contributed by atoms with E-state index in [-0.39, 0.29) is 23.7 Å². The van der Waals surface area contributed by atoms with Gasteiger partial charge in [-0.25, -0.2) is 8.78 Å². The minimum Gasteiger partial charge on any atom is -0.506 e. The second-order valence-electron chi connectivity index (χ2n) is 1.78. The van der Waals surface area contributed by atoms with Crippen molar-refractivity contribution in [1.82, 2.24) is 4.98 Å². The van der Waals surface area contributed by atoms with E-state index in [0.29, 0.717) is 0 Å². The summed E-state index contributed by atoms with van der Waals surface area (Å²) in [6, 6.07) is 0.984. The lowest BCUT2D eigenvalue weighted by Gasteiger charge is -1.96. The monoisotopic (exact) mass is 181 g/mol. The fourth-order valence-corrected chi connectivity index (χ4v) is 0.564. The molecule has 0 radical (unpaired) electrons. The Kier molecular flexibility index (Phi) is 3.74. The first-order valence-electron chi connectivity index (χ1n) is 2.62. The van der Waals surface area contributed by atoms with Gasteiger partial charge in [0.2, 0.25) is 0 Å². The highest BCUT2D eigenvalue weighted by molar-refractivity contribution is 5.85. The normalized spacial score (nSPS) is 9.36. The van der Waals surface area contributed by atoms with E-state index in [1.807, 2.05) is 0 Å². The summed E-state index contributed by atoms with van der Waals surface area (Å²) in [7, 11) is 0. The second kappa shape index (κ2) is 4.08. The Hall–Kier alpha value is -0.900. The van der Waals surface area contributed by atoms with Gasteiger partial charge < -0.3 is 5.11 Å². The quantitative estimate of drug-likeness (QED) is 0.720. The average molecular weight is 182 g/mol. The summed E-state index contributed by atoms with van der Waals surface area (Å²) in [5, 5.41) is 8.67. The first-order valence-corrected chi connectivity index (χ1v) is 2.62. The van der Waals surface area contributed by atoms with Gasteiger partial charge >= 0.3 is 0 Å². The van der Waals surface area contributed by atoms with Crippen molar-refractivity contribution in [3.8, 4) is 5.75 Å². The van der Waals surface area contributed by atoms with Crippen LogP contribution in [0.15, 0.2) is 18.5 Å². The number of rotatable bonds is 1. The topological polar surface area (TPSA) is 33.1 Å². The molecule has 1 N–H and O–H groups in total.